The molecular weight excluding hydrogens is 510 g/mol. The lowest BCUT2D eigenvalue weighted by atomic mass is 9.99. The first-order chi connectivity index (χ1) is 19.2. The third-order valence-electron chi connectivity index (χ3n) is 6.13. The van der Waals surface area contributed by atoms with Crippen LogP contribution in [0.2, 0.25) is 0 Å². The molecule has 0 fully saturated rings. The molecule has 0 aliphatic carbocycles. The van der Waals surface area contributed by atoms with Crippen molar-refractivity contribution >= 4 is 28.5 Å². The van der Waals surface area contributed by atoms with Gasteiger partial charge in [0.15, 0.2) is 11.5 Å². The lowest BCUT2D eigenvalue weighted by molar-refractivity contribution is -0.128. The van der Waals surface area contributed by atoms with Crippen LogP contribution in [0.5, 0.6) is 17.2 Å². The number of carbonyl (C=O) groups excluding carboxylic acids is 2. The number of aromatic nitrogens is 3. The summed E-state index contributed by atoms with van der Waals surface area (Å²) in [5, 5.41) is 11.4. The molecule has 0 aliphatic heterocycles. The highest BCUT2D eigenvalue weighted by molar-refractivity contribution is 6.03. The Morgan fingerprint density at radius 2 is 1.65 bits per heavy atom. The zero-order chi connectivity index (χ0) is 28.9. The van der Waals surface area contributed by atoms with Crippen molar-refractivity contribution in [1.82, 2.24) is 20.3 Å². The van der Waals surface area contributed by atoms with Crippen LogP contribution in [0.3, 0.4) is 0 Å². The number of nitrogens with zero attached hydrogens (tertiary/aromatic N) is 4. The Morgan fingerprint density at radius 1 is 0.950 bits per heavy atom. The zero-order valence-corrected chi connectivity index (χ0v) is 23.7. The van der Waals surface area contributed by atoms with Gasteiger partial charge in [0, 0.05) is 11.1 Å². The van der Waals surface area contributed by atoms with E-state index in [1.165, 1.54) is 23.8 Å². The summed E-state index contributed by atoms with van der Waals surface area (Å²) in [7, 11) is 3.02. The Bertz CT molecular complexity index is 1490. The third-order valence-corrected chi connectivity index (χ3v) is 6.13. The van der Waals surface area contributed by atoms with Gasteiger partial charge in [-0.25, -0.2) is 4.68 Å². The normalized spacial score (nSPS) is 12.1. The Balaban J connectivity index is 1.94. The van der Waals surface area contributed by atoms with Crippen LogP contribution in [0.15, 0.2) is 66.7 Å². The van der Waals surface area contributed by atoms with Crippen LogP contribution in [-0.2, 0) is 16.1 Å². The summed E-state index contributed by atoms with van der Waals surface area (Å²) >= 11 is 0. The van der Waals surface area contributed by atoms with E-state index in [9.17, 15) is 9.59 Å². The maximum Gasteiger partial charge on any atom is 0.249 e. The van der Waals surface area contributed by atoms with Gasteiger partial charge in [0.25, 0.3) is 0 Å². The highest BCUT2D eigenvalue weighted by Gasteiger charge is 2.38. The number of fused-ring (bicyclic) bond motifs is 1. The number of anilines is 1. The van der Waals surface area contributed by atoms with Gasteiger partial charge in [-0.15, -0.1) is 5.10 Å². The molecule has 0 saturated heterocycles. The van der Waals surface area contributed by atoms with Crippen molar-refractivity contribution in [2.24, 2.45) is 0 Å². The Hall–Kier alpha value is -4.60. The number of benzene rings is 3. The molecule has 0 aliphatic rings. The van der Waals surface area contributed by atoms with Gasteiger partial charge in [0.1, 0.15) is 23.9 Å². The van der Waals surface area contributed by atoms with E-state index < -0.39 is 23.4 Å². The maximum atomic E-state index is 14.4. The van der Waals surface area contributed by atoms with Gasteiger partial charge in [0.2, 0.25) is 11.8 Å². The summed E-state index contributed by atoms with van der Waals surface area (Å²) in [5.74, 6) is 0.430. The van der Waals surface area contributed by atoms with Crippen molar-refractivity contribution in [1.29, 1.82) is 0 Å². The fraction of sp³-hybridized carbons (Fsp3) is 0.333. The fourth-order valence-electron chi connectivity index (χ4n) is 4.55. The van der Waals surface area contributed by atoms with Crippen molar-refractivity contribution in [3.63, 3.8) is 0 Å². The molecule has 0 saturated carbocycles. The monoisotopic (exact) mass is 545 g/mol. The third kappa shape index (κ3) is 6.01. The highest BCUT2D eigenvalue weighted by Crippen LogP contribution is 2.41. The molecule has 210 valence electrons. The van der Waals surface area contributed by atoms with Crippen molar-refractivity contribution in [2.45, 2.75) is 45.8 Å². The predicted octanol–water partition coefficient (Wildman–Crippen LogP) is 4.54. The molecule has 4 rings (SSSR count). The molecular formula is C30H35N5O5. The molecule has 3 aromatic carbocycles. The lowest BCUT2D eigenvalue weighted by Gasteiger charge is -2.35. The molecule has 4 aromatic rings. The van der Waals surface area contributed by atoms with E-state index in [1.54, 1.807) is 36.4 Å². The van der Waals surface area contributed by atoms with Gasteiger partial charge >= 0.3 is 0 Å². The Kier molecular flexibility index (Phi) is 8.57. The maximum absolute atomic E-state index is 14.4. The van der Waals surface area contributed by atoms with Gasteiger partial charge in [-0.1, -0.05) is 41.6 Å². The summed E-state index contributed by atoms with van der Waals surface area (Å²) in [5.41, 5.74) is 1.65. The van der Waals surface area contributed by atoms with E-state index in [1.807, 2.05) is 58.0 Å². The number of nitrogens with one attached hydrogen (secondary N) is 1. The van der Waals surface area contributed by atoms with Crippen LogP contribution in [0, 0.1) is 0 Å². The average Bonchev–Trinajstić information content (AvgIpc) is 3.33. The van der Waals surface area contributed by atoms with Crippen LogP contribution >= 0.6 is 0 Å². The van der Waals surface area contributed by atoms with Gasteiger partial charge in [-0.3, -0.25) is 14.5 Å². The minimum atomic E-state index is -1.15. The number of amides is 2. The molecule has 0 spiro atoms. The smallest absolute Gasteiger partial charge is 0.249 e. The van der Waals surface area contributed by atoms with Gasteiger partial charge in [0.05, 0.1) is 32.0 Å². The second-order valence-electron chi connectivity index (χ2n) is 10.1. The van der Waals surface area contributed by atoms with Crippen LogP contribution in [-0.4, -0.2) is 53.2 Å². The quantitative estimate of drug-likeness (QED) is 0.312. The van der Waals surface area contributed by atoms with E-state index in [0.717, 1.165) is 0 Å². The highest BCUT2D eigenvalue weighted by atomic mass is 16.5. The first kappa shape index (κ1) is 28.4. The van der Waals surface area contributed by atoms with Gasteiger partial charge in [-0.05, 0) is 58.0 Å². The van der Waals surface area contributed by atoms with E-state index in [2.05, 4.69) is 15.6 Å². The average molecular weight is 546 g/mol. The van der Waals surface area contributed by atoms with E-state index in [0.29, 0.717) is 46.1 Å². The lowest BCUT2D eigenvalue weighted by Crippen LogP contribution is -2.50. The Morgan fingerprint density at radius 3 is 2.35 bits per heavy atom. The summed E-state index contributed by atoms with van der Waals surface area (Å²) < 4.78 is 18.7. The minimum absolute atomic E-state index is 0.174. The van der Waals surface area contributed by atoms with Crippen LogP contribution in [0.25, 0.3) is 11.0 Å². The number of methoxy groups -OCH3 is 2. The second kappa shape index (κ2) is 12.1. The van der Waals surface area contributed by atoms with Crippen molar-refractivity contribution < 1.29 is 23.8 Å². The van der Waals surface area contributed by atoms with Gasteiger partial charge in [-0.2, -0.15) is 0 Å². The molecule has 1 N–H and O–H groups in total. The van der Waals surface area contributed by atoms with E-state index in [-0.39, 0.29) is 6.54 Å². The molecule has 1 aromatic heterocycles. The number of hydrogen-bond acceptors (Lipinski definition) is 7. The molecule has 1 heterocycles. The van der Waals surface area contributed by atoms with Crippen molar-refractivity contribution in [3.05, 3.63) is 72.3 Å². The molecule has 40 heavy (non-hydrogen) atoms. The summed E-state index contributed by atoms with van der Waals surface area (Å²) in [6, 6.07) is 18.6. The largest absolute Gasteiger partial charge is 0.493 e. The number of para-hydroxylation sites is 4. The predicted molar refractivity (Wildman–Crippen MR) is 153 cm³/mol. The van der Waals surface area contributed by atoms with Crippen LogP contribution in [0.1, 0.15) is 39.3 Å². The first-order valence-corrected chi connectivity index (χ1v) is 13.0. The molecule has 10 heteroatoms. The Labute approximate surface area is 233 Å². The molecule has 2 amide bonds. The van der Waals surface area contributed by atoms with E-state index in [4.69, 9.17) is 14.2 Å². The summed E-state index contributed by atoms with van der Waals surface area (Å²) in [4.78, 5) is 30.0. The fourth-order valence-corrected chi connectivity index (χ4v) is 4.55. The molecule has 1 atom stereocenters. The standard InChI is InChI=1S/C30H35N5O5/c1-7-40-24-17-11-10-16-23(24)35(26(36)19-34-22-15-9-8-14-21(22)32-33-34)27(29(37)31-30(2,3)4)20-13-12-18-25(38-5)28(20)39-6/h8-18,27H,7,19H2,1-6H3,(H,31,37)/t27-/m1/s1. The number of carbonyl (C=O) groups is 2. The molecule has 0 unspecified atom stereocenters. The number of hydrogen-bond donors (Lipinski definition) is 1. The van der Waals surface area contributed by atoms with Crippen molar-refractivity contribution in [3.8, 4) is 17.2 Å². The number of ether oxygens (including phenoxy) is 3. The molecule has 10 nitrogen and oxygen atoms in total. The number of rotatable bonds is 10. The summed E-state index contributed by atoms with van der Waals surface area (Å²) in [6.07, 6.45) is 0. The van der Waals surface area contributed by atoms with Crippen LogP contribution < -0.4 is 24.4 Å². The SMILES string of the molecule is CCOc1ccccc1N(C(=O)Cn1nnc2ccccc21)[C@@H](C(=O)NC(C)(C)C)c1cccc(OC)c1OC. The summed E-state index contributed by atoms with van der Waals surface area (Å²) in [6.45, 7) is 7.70. The zero-order valence-electron chi connectivity index (χ0n) is 23.7. The molecule has 0 radical (unpaired) electrons. The van der Waals surface area contributed by atoms with E-state index >= 15 is 0 Å². The second-order valence-corrected chi connectivity index (χ2v) is 10.1. The first-order valence-electron chi connectivity index (χ1n) is 13.0. The van der Waals surface area contributed by atoms with Gasteiger partial charge < -0.3 is 19.5 Å². The molecule has 0 bridgehead atoms. The van der Waals surface area contributed by atoms with Crippen molar-refractivity contribution in [2.75, 3.05) is 25.7 Å². The minimum Gasteiger partial charge on any atom is -0.493 e. The van der Waals surface area contributed by atoms with Crippen LogP contribution in [0.4, 0.5) is 5.69 Å². The topological polar surface area (TPSA) is 108 Å².